The number of rotatable bonds is 1. The summed E-state index contributed by atoms with van der Waals surface area (Å²) in [6.45, 7) is 5.77. The quantitative estimate of drug-likeness (QED) is 0.528. The van der Waals surface area contributed by atoms with E-state index in [4.69, 9.17) is 0 Å². The first-order valence-electron chi connectivity index (χ1n) is 3.02. The normalized spacial score (nSPS) is 8.10. The minimum atomic E-state index is 0. The maximum absolute atomic E-state index is 3.69. The van der Waals surface area contributed by atoms with E-state index in [0.29, 0.717) is 0 Å². The van der Waals surface area contributed by atoms with Crippen LogP contribution in [0.4, 0.5) is 0 Å². The van der Waals surface area contributed by atoms with Crippen molar-refractivity contribution in [1.29, 1.82) is 0 Å². The fourth-order valence-electron chi connectivity index (χ4n) is 0.816. The van der Waals surface area contributed by atoms with Gasteiger partial charge < -0.3 is 0 Å². The Labute approximate surface area is 66.6 Å². The van der Waals surface area contributed by atoms with E-state index in [2.05, 4.69) is 25.6 Å². The lowest BCUT2D eigenvalue weighted by molar-refractivity contribution is 1.45. The van der Waals surface area contributed by atoms with E-state index >= 15 is 0 Å². The molecule has 0 N–H and O–H groups in total. The van der Waals surface area contributed by atoms with Gasteiger partial charge in [-0.05, 0) is 29.0 Å². The highest BCUT2D eigenvalue weighted by atomic mass is 28.1. The van der Waals surface area contributed by atoms with Crippen LogP contribution in [0.15, 0.2) is 30.8 Å². The van der Waals surface area contributed by atoms with Gasteiger partial charge in [0, 0.05) is 0 Å². The van der Waals surface area contributed by atoms with Gasteiger partial charge >= 0.3 is 0 Å². The highest BCUT2D eigenvalue weighted by molar-refractivity contribution is 5.75. The molecule has 0 nitrogen and oxygen atoms in total. The van der Waals surface area contributed by atoms with Crippen LogP contribution in [0, 0.1) is 6.92 Å². The molecule has 54 valence electrons. The second kappa shape index (κ2) is 4.07. The molecular weight excluding hydrogens is 136 g/mol. The van der Waals surface area contributed by atoms with E-state index < -0.39 is 0 Å². The largest absolute Gasteiger partial charge is 0.0985 e. The molecule has 0 aliphatic carbocycles. The van der Waals surface area contributed by atoms with Crippen molar-refractivity contribution in [1.82, 2.24) is 0 Å². The van der Waals surface area contributed by atoms with E-state index in [1.807, 2.05) is 18.2 Å². The second-order valence-electron chi connectivity index (χ2n) is 2.06. The van der Waals surface area contributed by atoms with Crippen molar-refractivity contribution >= 4 is 17.0 Å². The summed E-state index contributed by atoms with van der Waals surface area (Å²) >= 11 is 0. The van der Waals surface area contributed by atoms with Gasteiger partial charge in [0.15, 0.2) is 0 Å². The van der Waals surface area contributed by atoms with Crippen LogP contribution in [0.5, 0.6) is 0 Å². The molecule has 0 unspecified atom stereocenters. The van der Waals surface area contributed by atoms with E-state index in [-0.39, 0.29) is 11.0 Å². The van der Waals surface area contributed by atoms with Crippen LogP contribution in [-0.4, -0.2) is 11.0 Å². The van der Waals surface area contributed by atoms with Gasteiger partial charge in [-0.15, -0.1) is 0 Å². The Bertz CT molecular complexity index is 216. The molecule has 0 spiro atoms. The molecule has 0 bridgehead atoms. The Morgan fingerprint density at radius 1 is 1.30 bits per heavy atom. The Morgan fingerprint density at radius 3 is 2.30 bits per heavy atom. The highest BCUT2D eigenvalue weighted by Gasteiger charge is 1.86. The Hall–Kier alpha value is -0.823. The average molecular weight is 150 g/mol. The zero-order valence-corrected chi connectivity index (χ0v) is 5.59. The van der Waals surface area contributed by atoms with E-state index in [1.165, 1.54) is 11.1 Å². The predicted octanol–water partition coefficient (Wildman–Crippen LogP) is 1.19. The number of benzene rings is 1. The lowest BCUT2D eigenvalue weighted by Crippen LogP contribution is -1.75. The van der Waals surface area contributed by atoms with Crippen LogP contribution >= 0.6 is 0 Å². The number of hydrogen-bond donors (Lipinski definition) is 0. The summed E-state index contributed by atoms with van der Waals surface area (Å²) < 4.78 is 0. The lowest BCUT2D eigenvalue weighted by atomic mass is 10.1. The predicted molar refractivity (Wildman–Crippen MR) is 52.6 cm³/mol. The first kappa shape index (κ1) is 9.18. The van der Waals surface area contributed by atoms with Gasteiger partial charge in [-0.25, -0.2) is 0 Å². The third-order valence-corrected chi connectivity index (χ3v) is 1.41. The molecule has 0 atom stereocenters. The Morgan fingerprint density at radius 2 is 1.90 bits per heavy atom. The van der Waals surface area contributed by atoms with E-state index in [9.17, 15) is 0 Å². The zero-order chi connectivity index (χ0) is 6.69. The highest BCUT2D eigenvalue weighted by Crippen LogP contribution is 2.06. The number of aryl methyl sites for hydroxylation is 1. The minimum Gasteiger partial charge on any atom is -0.0985 e. The topological polar surface area (TPSA) is 0 Å². The molecule has 0 saturated heterocycles. The summed E-state index contributed by atoms with van der Waals surface area (Å²) in [5, 5.41) is 0. The summed E-state index contributed by atoms with van der Waals surface area (Å²) in [6.07, 6.45) is 1.87. The molecule has 0 aliphatic rings. The van der Waals surface area contributed by atoms with Crippen LogP contribution < -0.4 is 0 Å². The van der Waals surface area contributed by atoms with E-state index in [0.717, 1.165) is 0 Å². The SMILES string of the molecule is C=Cc1ccccc1C.[SiH4]. The summed E-state index contributed by atoms with van der Waals surface area (Å²) in [5.41, 5.74) is 2.50. The fourth-order valence-corrected chi connectivity index (χ4v) is 0.816. The zero-order valence-electron chi connectivity index (χ0n) is 5.59. The number of hydrogen-bond acceptors (Lipinski definition) is 0. The summed E-state index contributed by atoms with van der Waals surface area (Å²) in [5.74, 6) is 0. The third kappa shape index (κ3) is 1.85. The molecule has 0 radical (unpaired) electrons. The maximum Gasteiger partial charge on any atom is -0.0149 e. The van der Waals surface area contributed by atoms with Gasteiger partial charge in [0.05, 0.1) is 0 Å². The summed E-state index contributed by atoms with van der Waals surface area (Å²) in [7, 11) is 0. The monoisotopic (exact) mass is 150 g/mol. The summed E-state index contributed by atoms with van der Waals surface area (Å²) in [4.78, 5) is 0. The molecular formula is C9H14Si. The van der Waals surface area contributed by atoms with Crippen molar-refractivity contribution in [2.75, 3.05) is 0 Å². The van der Waals surface area contributed by atoms with Crippen molar-refractivity contribution in [2.45, 2.75) is 6.92 Å². The average Bonchev–Trinajstić information content (AvgIpc) is 1.89. The van der Waals surface area contributed by atoms with E-state index in [1.54, 1.807) is 0 Å². The minimum absolute atomic E-state index is 0. The van der Waals surface area contributed by atoms with Crippen LogP contribution in [0.1, 0.15) is 11.1 Å². The van der Waals surface area contributed by atoms with Crippen molar-refractivity contribution in [3.63, 3.8) is 0 Å². The Kier molecular flexibility index (Phi) is 3.73. The van der Waals surface area contributed by atoms with Gasteiger partial charge in [-0.1, -0.05) is 36.9 Å². The first-order valence-corrected chi connectivity index (χ1v) is 3.02. The fraction of sp³-hybridized carbons (Fsp3) is 0.111. The van der Waals surface area contributed by atoms with Gasteiger partial charge in [-0.3, -0.25) is 0 Å². The molecule has 0 saturated carbocycles. The van der Waals surface area contributed by atoms with Crippen LogP contribution in [0.2, 0.25) is 0 Å². The first-order chi connectivity index (χ1) is 4.34. The third-order valence-electron chi connectivity index (χ3n) is 1.41. The van der Waals surface area contributed by atoms with Crippen LogP contribution in [0.3, 0.4) is 0 Å². The molecule has 10 heavy (non-hydrogen) atoms. The van der Waals surface area contributed by atoms with Gasteiger partial charge in [0.2, 0.25) is 0 Å². The molecule has 0 heterocycles. The molecule has 0 fully saturated rings. The van der Waals surface area contributed by atoms with Gasteiger partial charge in [0.1, 0.15) is 0 Å². The molecule has 1 rings (SSSR count). The van der Waals surface area contributed by atoms with Gasteiger partial charge in [0.25, 0.3) is 0 Å². The second-order valence-corrected chi connectivity index (χ2v) is 2.06. The summed E-state index contributed by atoms with van der Waals surface area (Å²) in [6, 6.07) is 8.19. The van der Waals surface area contributed by atoms with Crippen molar-refractivity contribution in [3.05, 3.63) is 42.0 Å². The van der Waals surface area contributed by atoms with Gasteiger partial charge in [-0.2, -0.15) is 0 Å². The van der Waals surface area contributed by atoms with Crippen LogP contribution in [-0.2, 0) is 0 Å². The molecule has 1 heteroatoms. The molecule has 1 aromatic carbocycles. The van der Waals surface area contributed by atoms with Crippen molar-refractivity contribution in [3.8, 4) is 0 Å². The smallest absolute Gasteiger partial charge is 0.0149 e. The standard InChI is InChI=1S/C9H10.H4Si/c1-3-9-7-5-4-6-8(9)2;/h3-7H,1H2,2H3;1H4. The Balaban J connectivity index is 0.000000810. The molecule has 0 amide bonds. The van der Waals surface area contributed by atoms with Crippen LogP contribution in [0.25, 0.3) is 6.08 Å². The van der Waals surface area contributed by atoms with Crippen molar-refractivity contribution in [2.24, 2.45) is 0 Å². The maximum atomic E-state index is 3.69. The molecule has 1 aromatic rings. The molecule has 0 aliphatic heterocycles. The molecule has 0 aromatic heterocycles. The lowest BCUT2D eigenvalue weighted by Gasteiger charge is -1.95. The van der Waals surface area contributed by atoms with Crippen molar-refractivity contribution < 1.29 is 0 Å².